The van der Waals surface area contributed by atoms with Crippen LogP contribution >= 0.6 is 11.8 Å². The smallest absolute Gasteiger partial charge is 0.182 e. The van der Waals surface area contributed by atoms with E-state index in [4.69, 9.17) is 9.47 Å². The molecule has 0 atom stereocenters. The third kappa shape index (κ3) is 4.11. The minimum absolute atomic E-state index is 0.702. The van der Waals surface area contributed by atoms with Gasteiger partial charge in [0.05, 0.1) is 25.1 Å². The van der Waals surface area contributed by atoms with Crippen LogP contribution in [0.5, 0.6) is 5.75 Å². The van der Waals surface area contributed by atoms with Crippen molar-refractivity contribution in [2.24, 2.45) is 10.1 Å². The fraction of sp³-hybridized carbons (Fsp3) is 0.368. The van der Waals surface area contributed by atoms with E-state index < -0.39 is 0 Å². The van der Waals surface area contributed by atoms with E-state index in [0.717, 1.165) is 34.6 Å². The summed E-state index contributed by atoms with van der Waals surface area (Å²) in [7, 11) is 3.38. The van der Waals surface area contributed by atoms with Gasteiger partial charge in [0.1, 0.15) is 5.75 Å². The van der Waals surface area contributed by atoms with E-state index in [1.807, 2.05) is 24.3 Å². The van der Waals surface area contributed by atoms with E-state index in [-0.39, 0.29) is 0 Å². The van der Waals surface area contributed by atoms with Crippen LogP contribution < -0.4 is 10.2 Å². The zero-order valence-corrected chi connectivity index (χ0v) is 16.4. The van der Waals surface area contributed by atoms with Crippen molar-refractivity contribution in [3.05, 3.63) is 47.3 Å². The molecule has 0 amide bonds. The third-order valence-electron chi connectivity index (χ3n) is 4.34. The zero-order valence-electron chi connectivity index (χ0n) is 15.6. The van der Waals surface area contributed by atoms with E-state index in [9.17, 15) is 0 Å². The molecule has 1 aromatic heterocycles. The molecule has 0 radical (unpaired) electrons. The number of methoxy groups -OCH3 is 2. The first-order valence-corrected chi connectivity index (χ1v) is 9.45. The molecule has 0 aliphatic carbocycles. The molecule has 1 aromatic carbocycles. The van der Waals surface area contributed by atoms with Crippen molar-refractivity contribution in [2.45, 2.75) is 20.4 Å². The summed E-state index contributed by atoms with van der Waals surface area (Å²) in [5, 5.41) is 5.35. The van der Waals surface area contributed by atoms with Crippen molar-refractivity contribution in [3.63, 3.8) is 0 Å². The molecule has 2 heterocycles. The van der Waals surface area contributed by atoms with Gasteiger partial charge < -0.3 is 14.0 Å². The lowest BCUT2D eigenvalue weighted by molar-refractivity contribution is 0.186. The number of aliphatic imine (C=N–C) groups is 1. The lowest BCUT2D eigenvalue weighted by Gasteiger charge is -2.15. The van der Waals surface area contributed by atoms with Gasteiger partial charge in [0.25, 0.3) is 0 Å². The summed E-state index contributed by atoms with van der Waals surface area (Å²) in [6, 6.07) is 9.85. The average Bonchev–Trinajstić information content (AvgIpc) is 2.95. The molecular weight excluding hydrogens is 348 g/mol. The molecule has 7 heteroatoms. The Kier molecular flexibility index (Phi) is 6.00. The van der Waals surface area contributed by atoms with Crippen LogP contribution in [0.4, 0.5) is 5.69 Å². The van der Waals surface area contributed by atoms with E-state index in [1.165, 1.54) is 17.0 Å². The number of thioether (sulfide) groups is 1. The molecular formula is C19H24N4O2S. The number of nitrogens with one attached hydrogen (secondary N) is 1. The van der Waals surface area contributed by atoms with Gasteiger partial charge in [-0.15, -0.1) is 0 Å². The number of hydrazone groups is 1. The van der Waals surface area contributed by atoms with Crippen LogP contribution in [-0.2, 0) is 11.3 Å². The molecule has 3 rings (SSSR count). The van der Waals surface area contributed by atoms with E-state index in [2.05, 4.69) is 40.0 Å². The maximum atomic E-state index is 5.20. The van der Waals surface area contributed by atoms with Crippen LogP contribution in [0.1, 0.15) is 17.0 Å². The van der Waals surface area contributed by atoms with Gasteiger partial charge in [0.15, 0.2) is 5.17 Å². The first-order chi connectivity index (χ1) is 12.6. The molecule has 0 saturated carbocycles. The van der Waals surface area contributed by atoms with Crippen LogP contribution in [0.25, 0.3) is 0 Å². The Labute approximate surface area is 158 Å². The molecule has 0 fully saturated rings. The van der Waals surface area contributed by atoms with Gasteiger partial charge in [0.2, 0.25) is 0 Å². The Morgan fingerprint density at radius 3 is 2.62 bits per heavy atom. The van der Waals surface area contributed by atoms with Gasteiger partial charge in [-0.1, -0.05) is 11.8 Å². The predicted octanol–water partition coefficient (Wildman–Crippen LogP) is 3.49. The molecule has 26 heavy (non-hydrogen) atoms. The number of amidine groups is 1. The summed E-state index contributed by atoms with van der Waals surface area (Å²) in [5.41, 5.74) is 8.62. The largest absolute Gasteiger partial charge is 0.497 e. The van der Waals surface area contributed by atoms with Gasteiger partial charge in [-0.3, -0.25) is 5.43 Å². The van der Waals surface area contributed by atoms with Gasteiger partial charge in [0, 0.05) is 36.4 Å². The van der Waals surface area contributed by atoms with Crippen molar-refractivity contribution < 1.29 is 9.47 Å². The highest BCUT2D eigenvalue weighted by Gasteiger charge is 2.18. The highest BCUT2D eigenvalue weighted by atomic mass is 32.2. The SMILES string of the molecule is COCCn1c(C)cc(C2=NNC(=Nc3ccc(OC)cc3)SC2)c1C. The topological polar surface area (TPSA) is 60.1 Å². The monoisotopic (exact) mass is 372 g/mol. The van der Waals surface area contributed by atoms with Crippen LogP contribution in [0, 0.1) is 13.8 Å². The van der Waals surface area contributed by atoms with E-state index in [1.54, 1.807) is 26.0 Å². The number of rotatable bonds is 6. The van der Waals surface area contributed by atoms with Crippen molar-refractivity contribution >= 4 is 28.3 Å². The fourth-order valence-electron chi connectivity index (χ4n) is 2.91. The van der Waals surface area contributed by atoms with E-state index >= 15 is 0 Å². The van der Waals surface area contributed by atoms with Gasteiger partial charge in [-0.05, 0) is 44.2 Å². The van der Waals surface area contributed by atoms with Gasteiger partial charge >= 0.3 is 0 Å². The van der Waals surface area contributed by atoms with Crippen molar-refractivity contribution in [1.82, 2.24) is 9.99 Å². The second-order valence-corrected chi connectivity index (χ2v) is 6.97. The molecule has 1 N–H and O–H groups in total. The number of aryl methyl sites for hydroxylation is 1. The van der Waals surface area contributed by atoms with Crippen LogP contribution in [-0.4, -0.2) is 42.0 Å². The maximum Gasteiger partial charge on any atom is 0.182 e. The molecule has 6 nitrogen and oxygen atoms in total. The first kappa shape index (κ1) is 18.5. The zero-order chi connectivity index (χ0) is 18.5. The van der Waals surface area contributed by atoms with Gasteiger partial charge in [-0.25, -0.2) is 4.99 Å². The minimum atomic E-state index is 0.702. The number of aromatic nitrogens is 1. The summed E-state index contributed by atoms with van der Waals surface area (Å²) in [4.78, 5) is 4.59. The number of ether oxygens (including phenoxy) is 2. The lowest BCUT2D eigenvalue weighted by atomic mass is 10.1. The van der Waals surface area contributed by atoms with Crippen molar-refractivity contribution in [1.29, 1.82) is 0 Å². The fourth-order valence-corrected chi connectivity index (χ4v) is 3.68. The quantitative estimate of drug-likeness (QED) is 0.843. The summed E-state index contributed by atoms with van der Waals surface area (Å²) < 4.78 is 12.6. The standard InChI is InChI=1S/C19H24N4O2S/c1-13-11-17(14(2)23(13)9-10-24-3)18-12-26-19(22-21-18)20-15-5-7-16(25-4)8-6-15/h5-8,11H,9-10,12H2,1-4H3,(H,20,22). The summed E-state index contributed by atoms with van der Waals surface area (Å²) in [6.07, 6.45) is 0. The lowest BCUT2D eigenvalue weighted by Crippen LogP contribution is -2.25. The number of hydrogen-bond donors (Lipinski definition) is 1. The second-order valence-electron chi connectivity index (χ2n) is 6.00. The van der Waals surface area contributed by atoms with Gasteiger partial charge in [-0.2, -0.15) is 5.10 Å². The number of benzene rings is 1. The van der Waals surface area contributed by atoms with Crippen molar-refractivity contribution in [3.8, 4) is 5.75 Å². The Morgan fingerprint density at radius 2 is 2.00 bits per heavy atom. The molecule has 138 valence electrons. The summed E-state index contributed by atoms with van der Waals surface area (Å²) in [6.45, 7) is 5.80. The molecule has 0 bridgehead atoms. The maximum absolute atomic E-state index is 5.20. The predicted molar refractivity (Wildman–Crippen MR) is 108 cm³/mol. The molecule has 1 aliphatic heterocycles. The first-order valence-electron chi connectivity index (χ1n) is 8.46. The van der Waals surface area contributed by atoms with Crippen LogP contribution in [0.2, 0.25) is 0 Å². The summed E-state index contributed by atoms with van der Waals surface area (Å²) >= 11 is 1.66. The Hall–Kier alpha value is -2.25. The number of hydrogen-bond acceptors (Lipinski definition) is 5. The number of nitrogens with zero attached hydrogens (tertiary/aromatic N) is 3. The molecule has 0 spiro atoms. The molecule has 0 unspecified atom stereocenters. The van der Waals surface area contributed by atoms with Crippen LogP contribution in [0.15, 0.2) is 40.4 Å². The molecule has 1 aliphatic rings. The second kappa shape index (κ2) is 8.42. The highest BCUT2D eigenvalue weighted by Crippen LogP contribution is 2.23. The molecule has 0 saturated heterocycles. The Morgan fingerprint density at radius 1 is 1.23 bits per heavy atom. The van der Waals surface area contributed by atoms with Crippen molar-refractivity contribution in [2.75, 3.05) is 26.6 Å². The average molecular weight is 372 g/mol. The normalized spacial score (nSPS) is 15.7. The minimum Gasteiger partial charge on any atom is -0.497 e. The highest BCUT2D eigenvalue weighted by molar-refractivity contribution is 8.14. The van der Waals surface area contributed by atoms with Crippen LogP contribution in [0.3, 0.4) is 0 Å². The summed E-state index contributed by atoms with van der Waals surface area (Å²) in [5.74, 6) is 1.61. The Bertz CT molecular complexity index is 825. The Balaban J connectivity index is 1.74. The van der Waals surface area contributed by atoms with E-state index in [0.29, 0.717) is 6.61 Å². The molecule has 2 aromatic rings. The third-order valence-corrected chi connectivity index (χ3v) is 5.21.